The van der Waals surface area contributed by atoms with Gasteiger partial charge in [0.05, 0.1) is 16.9 Å². The molecule has 1 N–H and O–H groups in total. The van der Waals surface area contributed by atoms with E-state index >= 15 is 0 Å². The number of halogens is 3. The standard InChI is InChI=1S/C27H32F3N3O3/c28-27(29,30)23-8-4-5-21(19-23)20-36-31-24-9-15-33(16-10-24)25(34)11-14-32-17-12-26(35,13-18-32)22-6-2-1-3-7-22/h1-8,19,35H,9-18,20H2. The van der Waals surface area contributed by atoms with Gasteiger partial charge in [-0.15, -0.1) is 0 Å². The summed E-state index contributed by atoms with van der Waals surface area (Å²) in [7, 11) is 0. The fraction of sp³-hybridized carbons (Fsp3) is 0.481. The molecule has 0 radical (unpaired) electrons. The number of benzene rings is 2. The molecule has 4 rings (SSSR count). The van der Waals surface area contributed by atoms with Gasteiger partial charge in [-0.25, -0.2) is 0 Å². The van der Waals surface area contributed by atoms with Crippen molar-refractivity contribution in [3.8, 4) is 0 Å². The summed E-state index contributed by atoms with van der Waals surface area (Å²) < 4.78 is 38.5. The van der Waals surface area contributed by atoms with Crippen LogP contribution in [0.5, 0.6) is 0 Å². The number of nitrogens with zero attached hydrogens (tertiary/aromatic N) is 3. The molecule has 6 nitrogen and oxygen atoms in total. The molecule has 2 saturated heterocycles. The first-order valence-electron chi connectivity index (χ1n) is 12.3. The maximum absolute atomic E-state index is 12.8. The number of hydrogen-bond acceptors (Lipinski definition) is 5. The number of hydrogen-bond donors (Lipinski definition) is 1. The lowest BCUT2D eigenvalue weighted by atomic mass is 9.84. The van der Waals surface area contributed by atoms with Crippen LogP contribution >= 0.6 is 0 Å². The van der Waals surface area contributed by atoms with Crippen LogP contribution in [0.15, 0.2) is 59.8 Å². The van der Waals surface area contributed by atoms with Gasteiger partial charge in [-0.1, -0.05) is 47.6 Å². The molecular formula is C27H32F3N3O3. The summed E-state index contributed by atoms with van der Waals surface area (Å²) in [6.45, 7) is 3.24. The van der Waals surface area contributed by atoms with Crippen LogP contribution in [0.4, 0.5) is 13.2 Å². The molecule has 9 heteroatoms. The van der Waals surface area contributed by atoms with Crippen molar-refractivity contribution >= 4 is 11.6 Å². The number of amides is 1. The number of carbonyl (C=O) groups is 1. The van der Waals surface area contributed by atoms with Crippen LogP contribution in [0.25, 0.3) is 0 Å². The van der Waals surface area contributed by atoms with Crippen LogP contribution < -0.4 is 0 Å². The van der Waals surface area contributed by atoms with Crippen molar-refractivity contribution in [3.05, 3.63) is 71.3 Å². The molecule has 2 aliphatic rings. The molecule has 0 bridgehead atoms. The molecule has 0 unspecified atom stereocenters. The monoisotopic (exact) mass is 503 g/mol. The van der Waals surface area contributed by atoms with E-state index in [9.17, 15) is 23.1 Å². The first kappa shape index (κ1) is 26.2. The summed E-state index contributed by atoms with van der Waals surface area (Å²) in [6, 6.07) is 14.8. The van der Waals surface area contributed by atoms with Crippen LogP contribution in [0, 0.1) is 0 Å². The average molecular weight is 504 g/mol. The summed E-state index contributed by atoms with van der Waals surface area (Å²) in [6.07, 6.45) is -1.49. The number of oxime groups is 1. The lowest BCUT2D eigenvalue weighted by Gasteiger charge is -2.38. The summed E-state index contributed by atoms with van der Waals surface area (Å²) >= 11 is 0. The molecule has 0 aliphatic carbocycles. The van der Waals surface area contributed by atoms with Gasteiger partial charge in [0.1, 0.15) is 6.61 Å². The van der Waals surface area contributed by atoms with Crippen molar-refractivity contribution in [1.82, 2.24) is 9.80 Å². The molecule has 2 heterocycles. The Morgan fingerprint density at radius 1 is 1.00 bits per heavy atom. The van der Waals surface area contributed by atoms with Gasteiger partial charge in [0.25, 0.3) is 0 Å². The molecule has 2 fully saturated rings. The number of rotatable bonds is 7. The van der Waals surface area contributed by atoms with Gasteiger partial charge in [0, 0.05) is 52.0 Å². The molecule has 0 atom stereocenters. The normalized spacial score (nSPS) is 18.7. The van der Waals surface area contributed by atoms with E-state index in [1.54, 1.807) is 6.07 Å². The molecule has 0 spiro atoms. The van der Waals surface area contributed by atoms with Crippen LogP contribution in [0.3, 0.4) is 0 Å². The van der Waals surface area contributed by atoms with Crippen LogP contribution in [-0.2, 0) is 28.0 Å². The quantitative estimate of drug-likeness (QED) is 0.562. The number of aliphatic hydroxyl groups is 1. The van der Waals surface area contributed by atoms with Crippen molar-refractivity contribution in [3.63, 3.8) is 0 Å². The SMILES string of the molecule is O=C(CCN1CCC(O)(c2ccccc2)CC1)N1CCC(=NOCc2cccc(C(F)(F)F)c2)CC1. The van der Waals surface area contributed by atoms with Crippen molar-refractivity contribution in [2.75, 3.05) is 32.7 Å². The highest BCUT2D eigenvalue weighted by molar-refractivity contribution is 5.87. The lowest BCUT2D eigenvalue weighted by Crippen LogP contribution is -2.44. The molecule has 0 aromatic heterocycles. The lowest BCUT2D eigenvalue weighted by molar-refractivity contribution is -0.137. The Balaban J connectivity index is 1.16. The van der Waals surface area contributed by atoms with E-state index in [1.807, 2.05) is 35.2 Å². The van der Waals surface area contributed by atoms with E-state index in [2.05, 4.69) is 10.1 Å². The minimum atomic E-state index is -4.39. The summed E-state index contributed by atoms with van der Waals surface area (Å²) in [5.41, 5.74) is 0.655. The van der Waals surface area contributed by atoms with E-state index in [4.69, 9.17) is 4.84 Å². The Labute approximate surface area is 209 Å². The second kappa shape index (κ2) is 11.4. The van der Waals surface area contributed by atoms with Crippen molar-refractivity contribution < 1.29 is 27.9 Å². The van der Waals surface area contributed by atoms with Gasteiger partial charge in [0.2, 0.25) is 5.91 Å². The summed E-state index contributed by atoms with van der Waals surface area (Å²) in [4.78, 5) is 22.0. The number of likely N-dealkylation sites (tertiary alicyclic amines) is 2. The topological polar surface area (TPSA) is 65.4 Å². The Kier molecular flexibility index (Phi) is 8.31. The Morgan fingerprint density at radius 3 is 2.36 bits per heavy atom. The zero-order valence-electron chi connectivity index (χ0n) is 20.2. The minimum Gasteiger partial charge on any atom is -0.391 e. The van der Waals surface area contributed by atoms with Crippen LogP contribution in [0.2, 0.25) is 0 Å². The molecule has 2 aromatic rings. The fourth-order valence-electron chi connectivity index (χ4n) is 4.74. The maximum Gasteiger partial charge on any atom is 0.416 e. The molecule has 2 aliphatic heterocycles. The van der Waals surface area contributed by atoms with E-state index in [-0.39, 0.29) is 12.5 Å². The fourth-order valence-corrected chi connectivity index (χ4v) is 4.74. The Hall–Kier alpha value is -2.91. The average Bonchev–Trinajstić information content (AvgIpc) is 2.89. The van der Waals surface area contributed by atoms with Gasteiger partial charge in [-0.05, 0) is 36.1 Å². The third-order valence-corrected chi connectivity index (χ3v) is 7.01. The van der Waals surface area contributed by atoms with Crippen molar-refractivity contribution in [2.24, 2.45) is 5.16 Å². The maximum atomic E-state index is 12.8. The molecule has 2 aromatic carbocycles. The van der Waals surface area contributed by atoms with Gasteiger partial charge < -0.3 is 19.7 Å². The number of piperidine rings is 2. The Morgan fingerprint density at radius 2 is 1.69 bits per heavy atom. The second-order valence-corrected chi connectivity index (χ2v) is 9.50. The predicted octanol–water partition coefficient (Wildman–Crippen LogP) is 4.57. The molecule has 0 saturated carbocycles. The molecule has 1 amide bonds. The van der Waals surface area contributed by atoms with E-state index in [0.29, 0.717) is 57.3 Å². The number of alkyl halides is 3. The predicted molar refractivity (Wildman–Crippen MR) is 130 cm³/mol. The van der Waals surface area contributed by atoms with Gasteiger partial charge in [-0.2, -0.15) is 13.2 Å². The Bertz CT molecular complexity index is 1040. The smallest absolute Gasteiger partial charge is 0.391 e. The largest absolute Gasteiger partial charge is 0.416 e. The third-order valence-electron chi connectivity index (χ3n) is 7.01. The van der Waals surface area contributed by atoms with Gasteiger partial charge >= 0.3 is 6.18 Å². The zero-order chi connectivity index (χ0) is 25.6. The molecular weight excluding hydrogens is 471 g/mol. The zero-order valence-corrected chi connectivity index (χ0v) is 20.2. The molecule has 36 heavy (non-hydrogen) atoms. The summed E-state index contributed by atoms with van der Waals surface area (Å²) in [5.74, 6) is 0.0998. The highest BCUT2D eigenvalue weighted by Crippen LogP contribution is 2.32. The van der Waals surface area contributed by atoms with Crippen molar-refractivity contribution in [2.45, 2.75) is 50.5 Å². The number of carbonyl (C=O) groups excluding carboxylic acids is 1. The van der Waals surface area contributed by atoms with Gasteiger partial charge in [-0.3, -0.25) is 4.79 Å². The van der Waals surface area contributed by atoms with Crippen LogP contribution in [0.1, 0.15) is 48.8 Å². The van der Waals surface area contributed by atoms with Crippen LogP contribution in [-0.4, -0.2) is 59.2 Å². The van der Waals surface area contributed by atoms with Gasteiger partial charge in [0.15, 0.2) is 0 Å². The second-order valence-electron chi connectivity index (χ2n) is 9.50. The van der Waals surface area contributed by atoms with E-state index in [1.165, 1.54) is 6.07 Å². The first-order valence-corrected chi connectivity index (χ1v) is 12.3. The highest BCUT2D eigenvalue weighted by Gasteiger charge is 2.34. The minimum absolute atomic E-state index is 0.0364. The highest BCUT2D eigenvalue weighted by atomic mass is 19.4. The van der Waals surface area contributed by atoms with Crippen molar-refractivity contribution in [1.29, 1.82) is 0 Å². The van der Waals surface area contributed by atoms with E-state index < -0.39 is 17.3 Å². The van der Waals surface area contributed by atoms with E-state index in [0.717, 1.165) is 36.5 Å². The molecule has 194 valence electrons. The third kappa shape index (κ3) is 6.85. The summed E-state index contributed by atoms with van der Waals surface area (Å²) in [5, 5.41) is 15.1. The first-order chi connectivity index (χ1) is 17.2.